The van der Waals surface area contributed by atoms with E-state index < -0.39 is 17.7 Å². The van der Waals surface area contributed by atoms with Crippen molar-refractivity contribution in [2.24, 2.45) is 5.92 Å². The Balaban J connectivity index is 2.20. The highest BCUT2D eigenvalue weighted by atomic mass is 16.7. The first-order valence-electron chi connectivity index (χ1n) is 5.28. The number of hydrogen-bond donors (Lipinski definition) is 1. The molecule has 2 rings (SSSR count). The van der Waals surface area contributed by atoms with Crippen molar-refractivity contribution in [1.82, 2.24) is 0 Å². The first-order valence-corrected chi connectivity index (χ1v) is 5.28. The van der Waals surface area contributed by atoms with Crippen molar-refractivity contribution in [2.45, 2.75) is 38.9 Å². The summed E-state index contributed by atoms with van der Waals surface area (Å²) < 4.78 is 9.76. The van der Waals surface area contributed by atoms with Gasteiger partial charge in [-0.2, -0.15) is 0 Å². The normalized spacial score (nSPS) is 23.8. The largest absolute Gasteiger partial charge is 0.511 e. The Bertz CT molecular complexity index is 354. The Morgan fingerprint density at radius 3 is 2.25 bits per heavy atom. The van der Waals surface area contributed by atoms with Gasteiger partial charge in [-0.3, -0.25) is 0 Å². The van der Waals surface area contributed by atoms with Gasteiger partial charge < -0.3 is 14.6 Å². The van der Waals surface area contributed by atoms with Crippen LogP contribution >= 0.6 is 0 Å². The van der Waals surface area contributed by atoms with E-state index in [4.69, 9.17) is 9.47 Å². The van der Waals surface area contributed by atoms with E-state index in [1.54, 1.807) is 0 Å². The molecule has 0 atom stereocenters. The second kappa shape index (κ2) is 3.50. The molecule has 0 aromatic carbocycles. The number of allylic oxidation sites excluding steroid dienone is 1. The van der Waals surface area contributed by atoms with Gasteiger partial charge >= 0.3 is 11.9 Å². The highest BCUT2D eigenvalue weighted by molar-refractivity contribution is 6.15. The molecule has 0 radical (unpaired) electrons. The molecule has 0 aromatic rings. The summed E-state index contributed by atoms with van der Waals surface area (Å²) in [5.41, 5.74) is -0.355. The minimum absolute atomic E-state index is 0.215. The number of aliphatic hydroxyl groups is 1. The van der Waals surface area contributed by atoms with Gasteiger partial charge in [-0.25, -0.2) is 9.59 Å². The van der Waals surface area contributed by atoms with Gasteiger partial charge in [-0.05, 0) is 18.8 Å². The second-order valence-corrected chi connectivity index (χ2v) is 4.65. The molecule has 1 heterocycles. The Hall–Kier alpha value is -1.52. The summed E-state index contributed by atoms with van der Waals surface area (Å²) in [6.07, 6.45) is 2.39. The van der Waals surface area contributed by atoms with Crippen molar-refractivity contribution < 1.29 is 24.2 Å². The standard InChI is InChI=1S/C11H14O5/c1-11(2)15-9(13)8(10(14)16-11)7(12)5-6-3-4-6/h6,12H,3-5H2,1-2H3. The van der Waals surface area contributed by atoms with Gasteiger partial charge in [-0.15, -0.1) is 0 Å². The molecule has 1 aliphatic heterocycles. The first kappa shape index (κ1) is 11.0. The summed E-state index contributed by atoms with van der Waals surface area (Å²) >= 11 is 0. The summed E-state index contributed by atoms with van der Waals surface area (Å²) in [4.78, 5) is 23.0. The highest BCUT2D eigenvalue weighted by Gasteiger charge is 2.41. The fourth-order valence-corrected chi connectivity index (χ4v) is 1.59. The van der Waals surface area contributed by atoms with E-state index in [-0.39, 0.29) is 11.3 Å². The third kappa shape index (κ3) is 2.18. The van der Waals surface area contributed by atoms with Crippen molar-refractivity contribution in [2.75, 3.05) is 0 Å². The molecule has 0 bridgehead atoms. The molecule has 0 amide bonds. The Kier molecular flexibility index (Phi) is 2.40. The topological polar surface area (TPSA) is 72.8 Å². The molecule has 1 aliphatic carbocycles. The van der Waals surface area contributed by atoms with Gasteiger partial charge in [0.2, 0.25) is 0 Å². The predicted molar refractivity (Wildman–Crippen MR) is 53.3 cm³/mol. The van der Waals surface area contributed by atoms with Crippen LogP contribution in [-0.4, -0.2) is 22.8 Å². The zero-order chi connectivity index (χ0) is 11.9. The molecule has 1 saturated carbocycles. The van der Waals surface area contributed by atoms with Gasteiger partial charge in [0.15, 0.2) is 5.57 Å². The summed E-state index contributed by atoms with van der Waals surface area (Å²) in [6.45, 7) is 2.94. The van der Waals surface area contributed by atoms with Gasteiger partial charge in [-0.1, -0.05) is 0 Å². The van der Waals surface area contributed by atoms with Crippen LogP contribution in [0.3, 0.4) is 0 Å². The predicted octanol–water partition coefficient (Wildman–Crippen LogP) is 1.43. The van der Waals surface area contributed by atoms with E-state index in [0.717, 1.165) is 12.8 Å². The zero-order valence-electron chi connectivity index (χ0n) is 9.28. The van der Waals surface area contributed by atoms with Crippen molar-refractivity contribution >= 4 is 11.9 Å². The van der Waals surface area contributed by atoms with Crippen LogP contribution in [0.5, 0.6) is 0 Å². The maximum Gasteiger partial charge on any atom is 0.352 e. The number of cyclic esters (lactones) is 2. The third-order valence-electron chi connectivity index (χ3n) is 2.55. The van der Waals surface area contributed by atoms with Gasteiger partial charge in [0.25, 0.3) is 5.79 Å². The van der Waals surface area contributed by atoms with Crippen molar-refractivity contribution in [3.8, 4) is 0 Å². The average molecular weight is 226 g/mol. The smallest absolute Gasteiger partial charge is 0.352 e. The molecule has 1 N–H and O–H groups in total. The van der Waals surface area contributed by atoms with Crippen LogP contribution in [0, 0.1) is 5.92 Å². The summed E-state index contributed by atoms with van der Waals surface area (Å²) in [7, 11) is 0. The number of ether oxygens (including phenoxy) is 2. The summed E-state index contributed by atoms with van der Waals surface area (Å²) in [5, 5.41) is 9.67. The number of aliphatic hydroxyl groups excluding tert-OH is 1. The first-order chi connectivity index (χ1) is 7.39. The van der Waals surface area contributed by atoms with Gasteiger partial charge in [0, 0.05) is 20.3 Å². The number of rotatable bonds is 2. The molecular formula is C11H14O5. The van der Waals surface area contributed by atoms with E-state index >= 15 is 0 Å². The van der Waals surface area contributed by atoms with Crippen LogP contribution in [0.25, 0.3) is 0 Å². The van der Waals surface area contributed by atoms with Gasteiger partial charge in [0.1, 0.15) is 5.76 Å². The average Bonchev–Trinajstić information content (AvgIpc) is 2.83. The number of carbonyl (C=O) groups excluding carboxylic acids is 2. The van der Waals surface area contributed by atoms with Crippen molar-refractivity contribution in [3.05, 3.63) is 11.3 Å². The monoisotopic (exact) mass is 226 g/mol. The Labute approximate surface area is 93.0 Å². The lowest BCUT2D eigenvalue weighted by atomic mass is 10.1. The van der Waals surface area contributed by atoms with E-state index in [9.17, 15) is 14.7 Å². The molecule has 0 unspecified atom stereocenters. The van der Waals surface area contributed by atoms with Crippen LogP contribution in [0.4, 0.5) is 0 Å². The summed E-state index contributed by atoms with van der Waals surface area (Å²) in [6, 6.07) is 0. The number of esters is 2. The fraction of sp³-hybridized carbons (Fsp3) is 0.636. The molecule has 2 aliphatic rings. The quantitative estimate of drug-likeness (QED) is 0.334. The lowest BCUT2D eigenvalue weighted by molar-refractivity contribution is -0.222. The van der Waals surface area contributed by atoms with Gasteiger partial charge in [0.05, 0.1) is 0 Å². The van der Waals surface area contributed by atoms with Crippen LogP contribution in [0.15, 0.2) is 11.3 Å². The maximum atomic E-state index is 11.5. The molecular weight excluding hydrogens is 212 g/mol. The third-order valence-corrected chi connectivity index (χ3v) is 2.55. The molecule has 5 heteroatoms. The lowest BCUT2D eigenvalue weighted by Gasteiger charge is -2.30. The SMILES string of the molecule is CC1(C)OC(=O)C(=C(O)CC2CC2)C(=O)O1. The minimum atomic E-state index is -1.25. The maximum absolute atomic E-state index is 11.5. The van der Waals surface area contributed by atoms with E-state index in [2.05, 4.69) is 0 Å². The zero-order valence-corrected chi connectivity index (χ0v) is 9.28. The fourth-order valence-electron chi connectivity index (χ4n) is 1.59. The highest BCUT2D eigenvalue weighted by Crippen LogP contribution is 2.36. The van der Waals surface area contributed by atoms with Crippen LogP contribution < -0.4 is 0 Å². The van der Waals surface area contributed by atoms with Crippen molar-refractivity contribution in [3.63, 3.8) is 0 Å². The van der Waals surface area contributed by atoms with Crippen LogP contribution in [0.2, 0.25) is 0 Å². The number of carbonyl (C=O) groups is 2. The number of hydrogen-bond acceptors (Lipinski definition) is 5. The Morgan fingerprint density at radius 1 is 1.31 bits per heavy atom. The molecule has 2 fully saturated rings. The lowest BCUT2D eigenvalue weighted by Crippen LogP contribution is -2.42. The Morgan fingerprint density at radius 2 is 1.81 bits per heavy atom. The molecule has 0 spiro atoms. The van der Waals surface area contributed by atoms with Crippen LogP contribution in [0.1, 0.15) is 33.1 Å². The van der Waals surface area contributed by atoms with Crippen LogP contribution in [-0.2, 0) is 19.1 Å². The van der Waals surface area contributed by atoms with E-state index in [0.29, 0.717) is 12.3 Å². The summed E-state index contributed by atoms with van der Waals surface area (Å²) in [5.74, 6) is -2.70. The second-order valence-electron chi connectivity index (χ2n) is 4.65. The minimum Gasteiger partial charge on any atom is -0.511 e. The van der Waals surface area contributed by atoms with E-state index in [1.807, 2.05) is 0 Å². The van der Waals surface area contributed by atoms with E-state index in [1.165, 1.54) is 13.8 Å². The van der Waals surface area contributed by atoms with Crippen molar-refractivity contribution in [1.29, 1.82) is 0 Å². The molecule has 1 saturated heterocycles. The molecule has 0 aromatic heterocycles. The molecule has 5 nitrogen and oxygen atoms in total. The molecule has 16 heavy (non-hydrogen) atoms. The molecule has 88 valence electrons.